The Morgan fingerprint density at radius 1 is 1.18 bits per heavy atom. The van der Waals surface area contributed by atoms with E-state index in [1.165, 1.54) is 25.3 Å². The van der Waals surface area contributed by atoms with Gasteiger partial charge >= 0.3 is 0 Å². The number of ketones is 3. The zero-order valence-corrected chi connectivity index (χ0v) is 21.9. The lowest BCUT2D eigenvalue weighted by Crippen LogP contribution is -2.52. The van der Waals surface area contributed by atoms with E-state index in [9.17, 15) is 34.8 Å². The Balaban J connectivity index is 1.69. The van der Waals surface area contributed by atoms with Crippen LogP contribution in [-0.2, 0) is 20.7 Å². The quantitative estimate of drug-likeness (QED) is 0.223. The summed E-state index contributed by atoms with van der Waals surface area (Å²) >= 11 is 5.77. The number of aliphatic hydroxyl groups is 2. The van der Waals surface area contributed by atoms with Crippen LogP contribution in [-0.4, -0.2) is 80.9 Å². The van der Waals surface area contributed by atoms with Crippen molar-refractivity contribution in [3.05, 3.63) is 51.6 Å². The fourth-order valence-corrected chi connectivity index (χ4v) is 5.98. The van der Waals surface area contributed by atoms with Gasteiger partial charge in [-0.25, -0.2) is 0 Å². The van der Waals surface area contributed by atoms with Crippen molar-refractivity contribution in [3.8, 4) is 17.2 Å². The number of halogens is 1. The minimum atomic E-state index is -2.12. The molecule has 1 heterocycles. The topological polar surface area (TPSA) is 186 Å². The Morgan fingerprint density at radius 3 is 2.51 bits per heavy atom. The molecule has 0 bridgehead atoms. The number of methoxy groups -OCH3 is 1. The van der Waals surface area contributed by atoms with Gasteiger partial charge in [-0.1, -0.05) is 12.1 Å². The third-order valence-corrected chi connectivity index (χ3v) is 8.03. The van der Waals surface area contributed by atoms with Crippen molar-refractivity contribution in [2.45, 2.75) is 62.4 Å². The van der Waals surface area contributed by atoms with Gasteiger partial charge < -0.3 is 40.4 Å². The van der Waals surface area contributed by atoms with Gasteiger partial charge in [-0.05, 0) is 13.0 Å². The summed E-state index contributed by atoms with van der Waals surface area (Å²) in [5.41, 5.74) is 2.69. The summed E-state index contributed by atoms with van der Waals surface area (Å²) in [6.45, 7) is 1.59. The van der Waals surface area contributed by atoms with Crippen molar-refractivity contribution in [2.75, 3.05) is 13.0 Å². The molecule has 0 aromatic heterocycles. The lowest BCUT2D eigenvalue weighted by Gasteiger charge is -2.42. The number of benzene rings is 2. The van der Waals surface area contributed by atoms with Crippen LogP contribution >= 0.6 is 11.6 Å². The number of hydrogen-bond acceptors (Lipinski definition) is 11. The molecule has 0 spiro atoms. The van der Waals surface area contributed by atoms with Crippen molar-refractivity contribution in [1.82, 2.24) is 0 Å². The van der Waals surface area contributed by atoms with E-state index in [1.807, 2.05) is 0 Å². The normalized spacial score (nSPS) is 29.8. The van der Waals surface area contributed by atoms with Crippen LogP contribution in [0, 0.1) is 0 Å². The fourth-order valence-electron chi connectivity index (χ4n) is 5.73. The summed E-state index contributed by atoms with van der Waals surface area (Å²) in [6, 6.07) is 3.69. The number of carbonyl (C=O) groups is 3. The molecule has 6 atom stereocenters. The highest BCUT2D eigenvalue weighted by Crippen LogP contribution is 2.52. The van der Waals surface area contributed by atoms with Gasteiger partial charge in [-0.15, -0.1) is 11.6 Å². The van der Waals surface area contributed by atoms with Crippen LogP contribution < -0.4 is 10.5 Å². The maximum Gasteiger partial charge on any atom is 0.202 e. The first-order chi connectivity index (χ1) is 18.4. The fraction of sp³-hybridized carbons (Fsp3) is 0.444. The molecule has 0 unspecified atom stereocenters. The highest BCUT2D eigenvalue weighted by Gasteiger charge is 2.50. The second kappa shape index (κ2) is 9.84. The van der Waals surface area contributed by atoms with Crippen molar-refractivity contribution >= 4 is 29.0 Å². The number of ether oxygens (including phenoxy) is 3. The Hall–Kier alpha value is -3.06. The van der Waals surface area contributed by atoms with Gasteiger partial charge in [0.15, 0.2) is 17.9 Å². The highest BCUT2D eigenvalue weighted by atomic mass is 35.5. The second-order valence-corrected chi connectivity index (χ2v) is 10.4. The zero-order chi connectivity index (χ0) is 28.4. The minimum absolute atomic E-state index is 0.0330. The summed E-state index contributed by atoms with van der Waals surface area (Å²) in [5, 5.41) is 44.3. The van der Waals surface area contributed by atoms with Crippen LogP contribution in [0.4, 0.5) is 0 Å². The molecule has 2 aliphatic carbocycles. The number of Topliss-reactive ketones (excluding diaryl/α,β-unsaturated/α-hetero) is 1. The lowest BCUT2D eigenvalue weighted by atomic mass is 9.72. The van der Waals surface area contributed by atoms with Gasteiger partial charge in [-0.2, -0.15) is 0 Å². The molecule has 1 fully saturated rings. The molecular formula is C27H28ClNO10. The molecule has 6 N–H and O–H groups in total. The van der Waals surface area contributed by atoms with Crippen LogP contribution in [0.2, 0.25) is 0 Å². The third-order valence-electron chi connectivity index (χ3n) is 7.78. The molecule has 0 radical (unpaired) electrons. The summed E-state index contributed by atoms with van der Waals surface area (Å²) < 4.78 is 17.1. The molecule has 0 amide bonds. The average molecular weight is 562 g/mol. The van der Waals surface area contributed by atoms with E-state index in [0.29, 0.717) is 0 Å². The predicted octanol–water partition coefficient (Wildman–Crippen LogP) is 1.25. The van der Waals surface area contributed by atoms with Gasteiger partial charge in [0.25, 0.3) is 0 Å². The second-order valence-electron chi connectivity index (χ2n) is 10.1. The molecule has 1 saturated heterocycles. The maximum absolute atomic E-state index is 13.7. The van der Waals surface area contributed by atoms with E-state index in [-0.39, 0.29) is 34.4 Å². The van der Waals surface area contributed by atoms with E-state index < -0.39 is 94.9 Å². The van der Waals surface area contributed by atoms with Gasteiger partial charge in [-0.3, -0.25) is 14.4 Å². The van der Waals surface area contributed by atoms with Crippen LogP contribution in [0.25, 0.3) is 0 Å². The first-order valence-electron chi connectivity index (χ1n) is 12.4. The summed E-state index contributed by atoms with van der Waals surface area (Å²) in [7, 11) is 1.33. The molecule has 208 valence electrons. The van der Waals surface area contributed by atoms with Crippen LogP contribution in [0.5, 0.6) is 17.2 Å². The van der Waals surface area contributed by atoms with Crippen molar-refractivity contribution in [2.24, 2.45) is 5.73 Å². The average Bonchev–Trinajstić information content (AvgIpc) is 2.90. The Bertz CT molecular complexity index is 1380. The molecule has 39 heavy (non-hydrogen) atoms. The molecule has 12 heteroatoms. The van der Waals surface area contributed by atoms with Gasteiger partial charge in [0, 0.05) is 42.0 Å². The summed E-state index contributed by atoms with van der Waals surface area (Å²) in [4.78, 5) is 39.9. The van der Waals surface area contributed by atoms with Crippen LogP contribution in [0.3, 0.4) is 0 Å². The van der Waals surface area contributed by atoms with Gasteiger partial charge in [0.2, 0.25) is 5.78 Å². The van der Waals surface area contributed by atoms with E-state index in [2.05, 4.69) is 0 Å². The predicted molar refractivity (Wildman–Crippen MR) is 135 cm³/mol. The maximum atomic E-state index is 13.7. The molecule has 2 aromatic rings. The monoisotopic (exact) mass is 561 g/mol. The van der Waals surface area contributed by atoms with Crippen molar-refractivity contribution in [3.63, 3.8) is 0 Å². The molecular weight excluding hydrogens is 534 g/mol. The summed E-state index contributed by atoms with van der Waals surface area (Å²) in [5.74, 6) is -3.99. The van der Waals surface area contributed by atoms with E-state index in [4.69, 9.17) is 31.5 Å². The van der Waals surface area contributed by atoms with Crippen LogP contribution in [0.1, 0.15) is 68.8 Å². The number of phenolic OH excluding ortho intramolecular Hbond substituents is 2. The number of aliphatic hydroxyl groups excluding tert-OH is 1. The van der Waals surface area contributed by atoms with Gasteiger partial charge in [0.05, 0.1) is 48.0 Å². The molecule has 0 saturated carbocycles. The number of phenols is 2. The van der Waals surface area contributed by atoms with Gasteiger partial charge in [0.1, 0.15) is 22.8 Å². The molecule has 11 nitrogen and oxygen atoms in total. The van der Waals surface area contributed by atoms with E-state index >= 15 is 0 Å². The largest absolute Gasteiger partial charge is 0.507 e. The number of alkyl halides is 1. The van der Waals surface area contributed by atoms with Crippen LogP contribution in [0.15, 0.2) is 18.2 Å². The van der Waals surface area contributed by atoms with E-state index in [0.717, 1.165) is 0 Å². The Kier molecular flexibility index (Phi) is 6.94. The van der Waals surface area contributed by atoms with Crippen molar-refractivity contribution < 1.29 is 49.0 Å². The standard InChI is InChI=1S/C27H28ClNO10/c1-10-22(31)13(29)6-17(38-10)39-15-8-27(36,16(30)9-28)7-12-19(15)26(35)21-20(24(12)33)23(32)11-4-3-5-14(37-2)18(11)25(21)34/h3-5,10,13,15,17,22,31,33,35-36H,6-9,29H2,1-2H3/t10-,13-,15-,17-,22+,27-/m0/s1. The summed E-state index contributed by atoms with van der Waals surface area (Å²) in [6.07, 6.45) is -4.83. The number of carbonyl (C=O) groups excluding carboxylic acids is 3. The number of nitrogens with two attached hydrogens (primary N) is 1. The number of fused-ring (bicyclic) bond motifs is 3. The molecule has 1 aliphatic heterocycles. The molecule has 3 aliphatic rings. The highest BCUT2D eigenvalue weighted by molar-refractivity contribution is 6.31. The van der Waals surface area contributed by atoms with E-state index in [1.54, 1.807) is 6.92 Å². The number of rotatable bonds is 5. The first kappa shape index (κ1) is 27.5. The minimum Gasteiger partial charge on any atom is -0.507 e. The van der Waals surface area contributed by atoms with Crippen molar-refractivity contribution in [1.29, 1.82) is 0 Å². The third kappa shape index (κ3) is 4.21. The first-order valence-corrected chi connectivity index (χ1v) is 12.9. The Labute approximate surface area is 228 Å². The zero-order valence-electron chi connectivity index (χ0n) is 21.1. The number of aromatic hydroxyl groups is 2. The molecule has 2 aromatic carbocycles. The SMILES string of the molecule is COc1cccc2c1C(=O)c1c(O)c3c(c(O)c1C2=O)C[C@@](O)(C(=O)CCl)C[C@@H]3O[C@H]1C[C@H](N)[C@H](O)[C@H](C)O1. The lowest BCUT2D eigenvalue weighted by molar-refractivity contribution is -0.247. The number of hydrogen-bond donors (Lipinski definition) is 5. The Morgan fingerprint density at radius 2 is 1.87 bits per heavy atom. The smallest absolute Gasteiger partial charge is 0.202 e. The molecule has 5 rings (SSSR count).